The molecule has 112 valence electrons. The normalized spacial score (nSPS) is 25.3. The molecule has 0 bridgehead atoms. The van der Waals surface area contributed by atoms with E-state index in [1.807, 2.05) is 11.6 Å². The van der Waals surface area contributed by atoms with Crippen molar-refractivity contribution in [2.24, 2.45) is 17.1 Å². The fourth-order valence-corrected chi connectivity index (χ4v) is 3.24. The maximum atomic E-state index is 12.2. The molecule has 1 aliphatic carbocycles. The van der Waals surface area contributed by atoms with Crippen molar-refractivity contribution in [1.29, 1.82) is 0 Å². The Hall–Kier alpha value is -1.36. The average molecular weight is 278 g/mol. The second-order valence-electron chi connectivity index (χ2n) is 6.26. The molecule has 0 saturated heterocycles. The van der Waals surface area contributed by atoms with Gasteiger partial charge in [0.2, 0.25) is 5.91 Å². The summed E-state index contributed by atoms with van der Waals surface area (Å²) in [6.45, 7) is 8.20. The molecule has 1 amide bonds. The highest BCUT2D eigenvalue weighted by atomic mass is 16.2. The second-order valence-corrected chi connectivity index (χ2v) is 6.26. The molecule has 1 aromatic heterocycles. The molecule has 0 aliphatic heterocycles. The van der Waals surface area contributed by atoms with Crippen LogP contribution in [0.3, 0.4) is 0 Å². The maximum Gasteiger partial charge on any atom is 0.227 e. The van der Waals surface area contributed by atoms with Gasteiger partial charge in [-0.25, -0.2) is 0 Å². The Balaban J connectivity index is 1.73. The fraction of sp³-hybridized carbons (Fsp3) is 0.733. The zero-order valence-corrected chi connectivity index (χ0v) is 12.8. The second kappa shape index (κ2) is 5.95. The smallest absolute Gasteiger partial charge is 0.227 e. The molecule has 0 aromatic carbocycles. The Bertz CT molecular complexity index is 474. The van der Waals surface area contributed by atoms with E-state index in [1.54, 1.807) is 0 Å². The lowest BCUT2D eigenvalue weighted by Gasteiger charge is -2.44. The van der Waals surface area contributed by atoms with Crippen LogP contribution in [0, 0.1) is 25.2 Å². The SMILES string of the molecule is Cc1cc(C)n(CCCNC(=O)C2(CN)CC(C)C2)n1. The number of hydrogen-bond acceptors (Lipinski definition) is 3. The predicted molar refractivity (Wildman–Crippen MR) is 79.2 cm³/mol. The number of aryl methyl sites for hydroxylation is 3. The van der Waals surface area contributed by atoms with Crippen LogP contribution >= 0.6 is 0 Å². The molecular weight excluding hydrogens is 252 g/mol. The van der Waals surface area contributed by atoms with Crippen molar-refractivity contribution >= 4 is 5.91 Å². The highest BCUT2D eigenvalue weighted by Crippen LogP contribution is 2.44. The number of carbonyl (C=O) groups excluding carboxylic acids is 1. The van der Waals surface area contributed by atoms with Gasteiger partial charge in [0.15, 0.2) is 0 Å². The summed E-state index contributed by atoms with van der Waals surface area (Å²) in [5.41, 5.74) is 7.69. The Kier molecular flexibility index (Phi) is 4.48. The van der Waals surface area contributed by atoms with E-state index in [4.69, 9.17) is 5.73 Å². The predicted octanol–water partition coefficient (Wildman–Crippen LogP) is 1.38. The molecule has 3 N–H and O–H groups in total. The molecule has 1 fully saturated rings. The Morgan fingerprint density at radius 2 is 2.25 bits per heavy atom. The first-order valence-electron chi connectivity index (χ1n) is 7.46. The summed E-state index contributed by atoms with van der Waals surface area (Å²) in [5.74, 6) is 0.755. The largest absolute Gasteiger partial charge is 0.356 e. The van der Waals surface area contributed by atoms with E-state index in [1.165, 1.54) is 5.69 Å². The van der Waals surface area contributed by atoms with Crippen LogP contribution in [-0.2, 0) is 11.3 Å². The summed E-state index contributed by atoms with van der Waals surface area (Å²) in [7, 11) is 0. The molecule has 20 heavy (non-hydrogen) atoms. The van der Waals surface area contributed by atoms with Crippen molar-refractivity contribution in [3.8, 4) is 0 Å². The summed E-state index contributed by atoms with van der Waals surface area (Å²) in [6.07, 6.45) is 2.74. The molecule has 0 atom stereocenters. The van der Waals surface area contributed by atoms with Gasteiger partial charge in [0.1, 0.15) is 0 Å². The average Bonchev–Trinajstić information content (AvgIpc) is 2.68. The van der Waals surface area contributed by atoms with Gasteiger partial charge in [-0.05, 0) is 45.1 Å². The van der Waals surface area contributed by atoms with E-state index in [2.05, 4.69) is 30.3 Å². The van der Waals surface area contributed by atoms with E-state index in [9.17, 15) is 4.79 Å². The van der Waals surface area contributed by atoms with E-state index >= 15 is 0 Å². The quantitative estimate of drug-likeness (QED) is 0.772. The number of aromatic nitrogens is 2. The zero-order valence-electron chi connectivity index (χ0n) is 12.8. The van der Waals surface area contributed by atoms with Gasteiger partial charge in [0.05, 0.1) is 11.1 Å². The molecule has 0 unspecified atom stereocenters. The topological polar surface area (TPSA) is 72.9 Å². The van der Waals surface area contributed by atoms with Crippen LogP contribution in [0.5, 0.6) is 0 Å². The number of amides is 1. The number of carbonyl (C=O) groups is 1. The van der Waals surface area contributed by atoms with E-state index in [-0.39, 0.29) is 11.3 Å². The van der Waals surface area contributed by atoms with Crippen LogP contribution in [-0.4, -0.2) is 28.8 Å². The minimum absolute atomic E-state index is 0.131. The van der Waals surface area contributed by atoms with Gasteiger partial charge in [-0.1, -0.05) is 6.92 Å². The third-order valence-electron chi connectivity index (χ3n) is 4.29. The highest BCUT2D eigenvalue weighted by Gasteiger charge is 2.46. The van der Waals surface area contributed by atoms with Crippen molar-refractivity contribution in [2.45, 2.75) is 46.6 Å². The third kappa shape index (κ3) is 3.03. The van der Waals surface area contributed by atoms with E-state index < -0.39 is 0 Å². The molecule has 0 radical (unpaired) electrons. The van der Waals surface area contributed by atoms with Crippen molar-refractivity contribution in [3.63, 3.8) is 0 Å². The Morgan fingerprint density at radius 1 is 1.55 bits per heavy atom. The van der Waals surface area contributed by atoms with Gasteiger partial charge >= 0.3 is 0 Å². The number of nitrogens with zero attached hydrogens (tertiary/aromatic N) is 2. The Labute approximate surface area is 120 Å². The number of nitrogens with two attached hydrogens (primary N) is 1. The molecule has 5 heteroatoms. The lowest BCUT2D eigenvalue weighted by molar-refractivity contribution is -0.138. The molecule has 1 aromatic rings. The molecule has 2 rings (SSSR count). The van der Waals surface area contributed by atoms with Crippen LogP contribution in [0.1, 0.15) is 37.6 Å². The zero-order chi connectivity index (χ0) is 14.8. The van der Waals surface area contributed by atoms with Gasteiger partial charge in [0, 0.05) is 25.3 Å². The fourth-order valence-electron chi connectivity index (χ4n) is 3.24. The van der Waals surface area contributed by atoms with Crippen LogP contribution in [0.2, 0.25) is 0 Å². The standard InChI is InChI=1S/C15H26N4O/c1-11-8-15(9-11,10-16)14(20)17-5-4-6-19-13(3)7-12(2)18-19/h7,11H,4-6,8-10,16H2,1-3H3,(H,17,20). The van der Waals surface area contributed by atoms with Gasteiger partial charge in [0.25, 0.3) is 0 Å². The molecule has 1 heterocycles. The molecule has 0 spiro atoms. The first-order chi connectivity index (χ1) is 9.47. The van der Waals surface area contributed by atoms with Crippen LogP contribution in [0.25, 0.3) is 0 Å². The van der Waals surface area contributed by atoms with Crippen LogP contribution < -0.4 is 11.1 Å². The van der Waals surface area contributed by atoms with Crippen molar-refractivity contribution in [1.82, 2.24) is 15.1 Å². The first-order valence-corrected chi connectivity index (χ1v) is 7.46. The summed E-state index contributed by atoms with van der Waals surface area (Å²) in [6, 6.07) is 2.07. The van der Waals surface area contributed by atoms with Gasteiger partial charge < -0.3 is 11.1 Å². The van der Waals surface area contributed by atoms with E-state index in [0.717, 1.165) is 31.5 Å². The van der Waals surface area contributed by atoms with E-state index in [0.29, 0.717) is 19.0 Å². The Morgan fingerprint density at radius 3 is 2.75 bits per heavy atom. The number of hydrogen-bond donors (Lipinski definition) is 2. The van der Waals surface area contributed by atoms with Gasteiger partial charge in [-0.2, -0.15) is 5.10 Å². The van der Waals surface area contributed by atoms with Crippen LogP contribution in [0.15, 0.2) is 6.07 Å². The van der Waals surface area contributed by atoms with Crippen LogP contribution in [0.4, 0.5) is 0 Å². The van der Waals surface area contributed by atoms with Gasteiger partial charge in [-0.3, -0.25) is 9.48 Å². The first kappa shape index (κ1) is 15.0. The highest BCUT2D eigenvalue weighted by molar-refractivity contribution is 5.83. The summed E-state index contributed by atoms with van der Waals surface area (Å²) in [5, 5.41) is 7.45. The minimum atomic E-state index is -0.294. The molecule has 1 aliphatic rings. The molecule has 1 saturated carbocycles. The molecule has 5 nitrogen and oxygen atoms in total. The lowest BCUT2D eigenvalue weighted by Crippen LogP contribution is -2.53. The summed E-state index contributed by atoms with van der Waals surface area (Å²) >= 11 is 0. The van der Waals surface area contributed by atoms with Gasteiger partial charge in [-0.15, -0.1) is 0 Å². The lowest BCUT2D eigenvalue weighted by atomic mass is 9.62. The maximum absolute atomic E-state index is 12.2. The van der Waals surface area contributed by atoms with Crippen molar-refractivity contribution < 1.29 is 4.79 Å². The minimum Gasteiger partial charge on any atom is -0.356 e. The van der Waals surface area contributed by atoms with Crippen molar-refractivity contribution in [3.05, 3.63) is 17.5 Å². The molecular formula is C15H26N4O. The number of nitrogens with one attached hydrogen (secondary N) is 1. The monoisotopic (exact) mass is 278 g/mol. The summed E-state index contributed by atoms with van der Waals surface area (Å²) < 4.78 is 1.99. The third-order valence-corrected chi connectivity index (χ3v) is 4.29. The number of rotatable bonds is 6. The summed E-state index contributed by atoms with van der Waals surface area (Å²) in [4.78, 5) is 12.2. The van der Waals surface area contributed by atoms with Crippen molar-refractivity contribution in [2.75, 3.05) is 13.1 Å².